The van der Waals surface area contributed by atoms with E-state index in [1.165, 1.54) is 50.3 Å². The van der Waals surface area contributed by atoms with Crippen molar-refractivity contribution in [2.75, 3.05) is 30.9 Å². The van der Waals surface area contributed by atoms with E-state index in [1.807, 2.05) is 0 Å². The standard InChI is InChI=1S/C11H25NS/c1-4-8-12(9-5-2)13(3)10-6-7-11-13/h4-11H2,1-3H3. The van der Waals surface area contributed by atoms with Crippen LogP contribution in [-0.4, -0.2) is 35.2 Å². The van der Waals surface area contributed by atoms with Crippen LogP contribution >= 0.6 is 10.2 Å². The first-order chi connectivity index (χ1) is 6.23. The van der Waals surface area contributed by atoms with Crippen LogP contribution < -0.4 is 0 Å². The van der Waals surface area contributed by atoms with Gasteiger partial charge in [0.05, 0.1) is 0 Å². The van der Waals surface area contributed by atoms with Crippen molar-refractivity contribution in [2.45, 2.75) is 39.5 Å². The minimum atomic E-state index is -0.336. The summed E-state index contributed by atoms with van der Waals surface area (Å²) >= 11 is 0. The van der Waals surface area contributed by atoms with Gasteiger partial charge in [-0.2, -0.15) is 10.2 Å². The third-order valence-corrected chi connectivity index (χ3v) is 6.94. The highest BCUT2D eigenvalue weighted by Gasteiger charge is 2.28. The van der Waals surface area contributed by atoms with Crippen molar-refractivity contribution in [3.05, 3.63) is 0 Å². The topological polar surface area (TPSA) is 3.24 Å². The third kappa shape index (κ3) is 2.88. The molecule has 0 N–H and O–H groups in total. The SMILES string of the molecule is CCCN(CCC)S1(C)CCCC1. The molecule has 1 rings (SSSR count). The van der Waals surface area contributed by atoms with E-state index < -0.39 is 0 Å². The number of hydrogen-bond acceptors (Lipinski definition) is 1. The van der Waals surface area contributed by atoms with Crippen LogP contribution in [-0.2, 0) is 0 Å². The Morgan fingerprint density at radius 1 is 1.00 bits per heavy atom. The Hall–Kier alpha value is 0.310. The van der Waals surface area contributed by atoms with Crippen molar-refractivity contribution in [3.63, 3.8) is 0 Å². The van der Waals surface area contributed by atoms with Crippen LogP contribution in [0.3, 0.4) is 0 Å². The molecule has 0 radical (unpaired) electrons. The van der Waals surface area contributed by atoms with Gasteiger partial charge in [-0.05, 0) is 43.4 Å². The predicted octanol–water partition coefficient (Wildman–Crippen LogP) is 3.25. The largest absolute Gasteiger partial charge is 0.268 e. The molecule has 0 aromatic heterocycles. The smallest absolute Gasteiger partial charge is 0.00713 e. The van der Waals surface area contributed by atoms with Crippen LogP contribution in [0.15, 0.2) is 0 Å². The molecule has 0 spiro atoms. The maximum Gasteiger partial charge on any atom is 0.00713 e. The first-order valence-electron chi connectivity index (χ1n) is 5.71. The van der Waals surface area contributed by atoms with Gasteiger partial charge < -0.3 is 0 Å². The van der Waals surface area contributed by atoms with Gasteiger partial charge in [-0.15, -0.1) is 0 Å². The van der Waals surface area contributed by atoms with Gasteiger partial charge >= 0.3 is 0 Å². The molecular formula is C11H25NS. The monoisotopic (exact) mass is 203 g/mol. The number of rotatable bonds is 5. The molecule has 13 heavy (non-hydrogen) atoms. The Morgan fingerprint density at radius 3 is 1.85 bits per heavy atom. The lowest BCUT2D eigenvalue weighted by molar-refractivity contribution is 0.456. The van der Waals surface area contributed by atoms with Crippen molar-refractivity contribution in [1.82, 2.24) is 4.31 Å². The molecule has 0 bridgehead atoms. The second-order valence-corrected chi connectivity index (χ2v) is 8.04. The van der Waals surface area contributed by atoms with E-state index in [1.54, 1.807) is 0 Å². The van der Waals surface area contributed by atoms with E-state index in [2.05, 4.69) is 24.4 Å². The van der Waals surface area contributed by atoms with Crippen molar-refractivity contribution >= 4 is 10.2 Å². The van der Waals surface area contributed by atoms with Crippen molar-refractivity contribution in [3.8, 4) is 0 Å². The van der Waals surface area contributed by atoms with E-state index in [9.17, 15) is 0 Å². The maximum absolute atomic E-state index is 2.81. The predicted molar refractivity (Wildman–Crippen MR) is 64.6 cm³/mol. The van der Waals surface area contributed by atoms with Crippen LogP contribution in [0.2, 0.25) is 0 Å². The van der Waals surface area contributed by atoms with Gasteiger partial charge in [-0.3, -0.25) is 4.31 Å². The quantitative estimate of drug-likeness (QED) is 0.663. The van der Waals surface area contributed by atoms with Crippen LogP contribution in [0.5, 0.6) is 0 Å². The lowest BCUT2D eigenvalue weighted by Crippen LogP contribution is -2.30. The zero-order chi connectivity index (χ0) is 9.73. The van der Waals surface area contributed by atoms with Crippen molar-refractivity contribution < 1.29 is 0 Å². The first-order valence-corrected chi connectivity index (χ1v) is 8.05. The summed E-state index contributed by atoms with van der Waals surface area (Å²) < 4.78 is 2.81. The normalized spacial score (nSPS) is 23.7. The average Bonchev–Trinajstić information content (AvgIpc) is 2.53. The van der Waals surface area contributed by atoms with Crippen molar-refractivity contribution in [2.24, 2.45) is 0 Å². The molecule has 0 aliphatic carbocycles. The highest BCUT2D eigenvalue weighted by molar-refractivity contribution is 8.31. The third-order valence-electron chi connectivity index (χ3n) is 2.99. The summed E-state index contributed by atoms with van der Waals surface area (Å²) in [5.74, 6) is 3.01. The summed E-state index contributed by atoms with van der Waals surface area (Å²) in [4.78, 5) is 0. The second-order valence-electron chi connectivity index (χ2n) is 4.27. The van der Waals surface area contributed by atoms with E-state index in [-0.39, 0.29) is 10.2 Å². The highest BCUT2D eigenvalue weighted by Crippen LogP contribution is 2.53. The van der Waals surface area contributed by atoms with Gasteiger partial charge in [0.2, 0.25) is 0 Å². The molecule has 2 heteroatoms. The van der Waals surface area contributed by atoms with Gasteiger partial charge in [0.15, 0.2) is 0 Å². The Kier molecular flexibility index (Phi) is 4.60. The summed E-state index contributed by atoms with van der Waals surface area (Å²) in [6.45, 7) is 7.28. The molecular weight excluding hydrogens is 178 g/mol. The summed E-state index contributed by atoms with van der Waals surface area (Å²) in [5, 5.41) is 0. The molecule has 1 aliphatic rings. The summed E-state index contributed by atoms with van der Waals surface area (Å²) in [7, 11) is -0.336. The Morgan fingerprint density at radius 2 is 1.46 bits per heavy atom. The minimum absolute atomic E-state index is 0.336. The minimum Gasteiger partial charge on any atom is -0.268 e. The Balaban J connectivity index is 2.50. The summed E-state index contributed by atoms with van der Waals surface area (Å²) in [5.41, 5.74) is 0. The molecule has 1 heterocycles. The molecule has 0 atom stereocenters. The van der Waals surface area contributed by atoms with E-state index >= 15 is 0 Å². The lowest BCUT2D eigenvalue weighted by atomic mass is 10.4. The zero-order valence-electron chi connectivity index (χ0n) is 9.51. The molecule has 1 fully saturated rings. The maximum atomic E-state index is 2.81. The molecule has 0 amide bonds. The molecule has 1 saturated heterocycles. The van der Waals surface area contributed by atoms with Gasteiger partial charge in [-0.1, -0.05) is 13.8 Å². The number of hydrogen-bond donors (Lipinski definition) is 0. The van der Waals surface area contributed by atoms with Crippen LogP contribution in [0.4, 0.5) is 0 Å². The lowest BCUT2D eigenvalue weighted by Gasteiger charge is -2.43. The molecule has 1 nitrogen and oxygen atoms in total. The van der Waals surface area contributed by atoms with Gasteiger partial charge in [0.1, 0.15) is 0 Å². The summed E-state index contributed by atoms with van der Waals surface area (Å²) in [6.07, 6.45) is 8.15. The van der Waals surface area contributed by atoms with E-state index in [0.717, 1.165) is 0 Å². The van der Waals surface area contributed by atoms with E-state index in [4.69, 9.17) is 0 Å². The first kappa shape index (κ1) is 11.4. The average molecular weight is 203 g/mol. The van der Waals surface area contributed by atoms with Crippen LogP contribution in [0, 0.1) is 0 Å². The van der Waals surface area contributed by atoms with Crippen molar-refractivity contribution in [1.29, 1.82) is 0 Å². The highest BCUT2D eigenvalue weighted by atomic mass is 32.3. The summed E-state index contributed by atoms with van der Waals surface area (Å²) in [6, 6.07) is 0. The second kappa shape index (κ2) is 5.26. The fourth-order valence-electron chi connectivity index (χ4n) is 2.24. The Bertz CT molecular complexity index is 135. The van der Waals surface area contributed by atoms with Gasteiger partial charge in [-0.25, -0.2) is 0 Å². The fourth-order valence-corrected chi connectivity index (χ4v) is 5.86. The molecule has 0 saturated carbocycles. The fraction of sp³-hybridized carbons (Fsp3) is 1.00. The molecule has 1 aliphatic heterocycles. The zero-order valence-corrected chi connectivity index (χ0v) is 10.3. The molecule has 0 unspecified atom stereocenters. The van der Waals surface area contributed by atoms with Crippen LogP contribution in [0.25, 0.3) is 0 Å². The van der Waals surface area contributed by atoms with Gasteiger partial charge in [0, 0.05) is 13.1 Å². The molecule has 0 aromatic carbocycles. The van der Waals surface area contributed by atoms with Crippen LogP contribution in [0.1, 0.15) is 39.5 Å². The molecule has 80 valence electrons. The number of nitrogens with zero attached hydrogens (tertiary/aromatic N) is 1. The van der Waals surface area contributed by atoms with Gasteiger partial charge in [0.25, 0.3) is 0 Å². The van der Waals surface area contributed by atoms with E-state index in [0.29, 0.717) is 0 Å². The Labute approximate surface area is 85.3 Å². The molecule has 0 aromatic rings.